The third-order valence-electron chi connectivity index (χ3n) is 2.79. The molecule has 1 aliphatic heterocycles. The van der Waals surface area contributed by atoms with Gasteiger partial charge in [-0.3, -0.25) is 0 Å². The molecule has 0 saturated carbocycles. The van der Waals surface area contributed by atoms with Crippen molar-refractivity contribution in [2.45, 2.75) is 17.7 Å². The van der Waals surface area contributed by atoms with Gasteiger partial charge in [0.2, 0.25) is 4.90 Å². The fourth-order valence-electron chi connectivity index (χ4n) is 2.05. The SMILES string of the molecule is c1ccc2c([S+]3CCCC3)coc2c1. The van der Waals surface area contributed by atoms with Gasteiger partial charge < -0.3 is 4.42 Å². The summed E-state index contributed by atoms with van der Waals surface area (Å²) in [7, 11) is 0.472. The molecule has 72 valence electrons. The molecule has 1 saturated heterocycles. The molecule has 0 N–H and O–H groups in total. The Balaban J connectivity index is 2.11. The van der Waals surface area contributed by atoms with Crippen molar-refractivity contribution in [3.8, 4) is 0 Å². The molecule has 0 radical (unpaired) electrons. The summed E-state index contributed by atoms with van der Waals surface area (Å²) < 4.78 is 5.57. The van der Waals surface area contributed by atoms with Crippen LogP contribution >= 0.6 is 0 Å². The normalized spacial score (nSPS) is 18.0. The highest BCUT2D eigenvalue weighted by Crippen LogP contribution is 2.30. The maximum Gasteiger partial charge on any atom is 0.200 e. The van der Waals surface area contributed by atoms with Crippen LogP contribution in [0.3, 0.4) is 0 Å². The van der Waals surface area contributed by atoms with Crippen LogP contribution in [0.5, 0.6) is 0 Å². The zero-order chi connectivity index (χ0) is 9.38. The lowest BCUT2D eigenvalue weighted by Gasteiger charge is -1.95. The number of rotatable bonds is 1. The molecular weight excluding hydrogens is 192 g/mol. The number of hydrogen-bond acceptors (Lipinski definition) is 1. The zero-order valence-electron chi connectivity index (χ0n) is 8.03. The predicted octanol–water partition coefficient (Wildman–Crippen LogP) is 3.20. The molecule has 1 aromatic heterocycles. The van der Waals surface area contributed by atoms with Gasteiger partial charge in [-0.25, -0.2) is 0 Å². The van der Waals surface area contributed by atoms with Gasteiger partial charge in [0.1, 0.15) is 23.4 Å². The molecule has 1 aromatic carbocycles. The molecule has 0 atom stereocenters. The lowest BCUT2D eigenvalue weighted by molar-refractivity contribution is 0.607. The highest BCUT2D eigenvalue weighted by atomic mass is 32.2. The van der Waals surface area contributed by atoms with Crippen LogP contribution in [0.4, 0.5) is 0 Å². The summed E-state index contributed by atoms with van der Waals surface area (Å²) in [4.78, 5) is 1.46. The summed E-state index contributed by atoms with van der Waals surface area (Å²) in [6.07, 6.45) is 4.75. The average Bonchev–Trinajstić information content (AvgIpc) is 2.85. The lowest BCUT2D eigenvalue weighted by Crippen LogP contribution is -2.02. The summed E-state index contributed by atoms with van der Waals surface area (Å²) >= 11 is 0. The Morgan fingerprint density at radius 3 is 2.71 bits per heavy atom. The van der Waals surface area contributed by atoms with E-state index in [9.17, 15) is 0 Å². The van der Waals surface area contributed by atoms with Gasteiger partial charge >= 0.3 is 0 Å². The van der Waals surface area contributed by atoms with Crippen molar-refractivity contribution in [1.82, 2.24) is 0 Å². The van der Waals surface area contributed by atoms with Crippen LogP contribution in [-0.2, 0) is 10.9 Å². The van der Waals surface area contributed by atoms with Crippen molar-refractivity contribution in [2.75, 3.05) is 11.5 Å². The molecular formula is C12H13OS+. The Labute approximate surface area is 86.5 Å². The molecule has 14 heavy (non-hydrogen) atoms. The van der Waals surface area contributed by atoms with E-state index in [2.05, 4.69) is 18.2 Å². The Bertz CT molecular complexity index is 440. The molecule has 3 rings (SSSR count). The van der Waals surface area contributed by atoms with E-state index >= 15 is 0 Å². The number of furan rings is 1. The van der Waals surface area contributed by atoms with Gasteiger partial charge in [0.25, 0.3) is 0 Å². The van der Waals surface area contributed by atoms with E-state index in [1.807, 2.05) is 12.3 Å². The van der Waals surface area contributed by atoms with E-state index in [1.54, 1.807) is 0 Å². The van der Waals surface area contributed by atoms with E-state index in [-0.39, 0.29) is 0 Å². The summed E-state index contributed by atoms with van der Waals surface area (Å²) in [5.41, 5.74) is 1.04. The smallest absolute Gasteiger partial charge is 0.200 e. The van der Waals surface area contributed by atoms with Crippen LogP contribution in [0.15, 0.2) is 39.8 Å². The number of hydrogen-bond donors (Lipinski definition) is 0. The molecule has 0 spiro atoms. The standard InChI is InChI=1S/C12H13OS/c1-2-6-11-10(5-1)12(9-13-11)14-7-3-4-8-14/h1-2,5-6,9H,3-4,7-8H2/q+1. The van der Waals surface area contributed by atoms with Crippen LogP contribution in [0.2, 0.25) is 0 Å². The van der Waals surface area contributed by atoms with E-state index in [0.29, 0.717) is 10.9 Å². The molecule has 1 aliphatic rings. The Morgan fingerprint density at radius 1 is 1.07 bits per heavy atom. The Morgan fingerprint density at radius 2 is 1.86 bits per heavy atom. The summed E-state index contributed by atoms with van der Waals surface area (Å²) in [6, 6.07) is 8.37. The van der Waals surface area contributed by atoms with Crippen molar-refractivity contribution < 1.29 is 4.42 Å². The Hall–Kier alpha value is -0.890. The predicted molar refractivity (Wildman–Crippen MR) is 60.8 cm³/mol. The molecule has 0 unspecified atom stereocenters. The topological polar surface area (TPSA) is 13.1 Å². The van der Waals surface area contributed by atoms with Crippen molar-refractivity contribution in [3.63, 3.8) is 0 Å². The Kier molecular flexibility index (Phi) is 2.02. The fourth-order valence-corrected chi connectivity index (χ4v) is 4.46. The second-order valence-corrected chi connectivity index (χ2v) is 5.95. The van der Waals surface area contributed by atoms with Crippen LogP contribution < -0.4 is 0 Å². The summed E-state index contributed by atoms with van der Waals surface area (Å²) in [6.45, 7) is 0. The van der Waals surface area contributed by atoms with Crippen LogP contribution in [0.1, 0.15) is 12.8 Å². The van der Waals surface area contributed by atoms with Gasteiger partial charge in [-0.1, -0.05) is 12.1 Å². The minimum absolute atomic E-state index is 0.472. The van der Waals surface area contributed by atoms with Gasteiger partial charge in [-0.2, -0.15) is 0 Å². The molecule has 1 fully saturated rings. The van der Waals surface area contributed by atoms with Gasteiger partial charge in [0, 0.05) is 10.9 Å². The molecule has 1 nitrogen and oxygen atoms in total. The van der Waals surface area contributed by atoms with E-state index in [0.717, 1.165) is 5.58 Å². The van der Waals surface area contributed by atoms with E-state index < -0.39 is 0 Å². The fraction of sp³-hybridized carbons (Fsp3) is 0.333. The average molecular weight is 205 g/mol. The van der Waals surface area contributed by atoms with Gasteiger partial charge in [-0.05, 0) is 25.0 Å². The third kappa shape index (κ3) is 1.25. The third-order valence-corrected chi connectivity index (χ3v) is 5.29. The minimum Gasteiger partial charge on any atom is -0.459 e. The maximum absolute atomic E-state index is 5.57. The lowest BCUT2D eigenvalue weighted by atomic mass is 10.3. The molecule has 2 heterocycles. The van der Waals surface area contributed by atoms with Crippen LogP contribution in [0.25, 0.3) is 11.0 Å². The van der Waals surface area contributed by atoms with Gasteiger partial charge in [-0.15, -0.1) is 0 Å². The van der Waals surface area contributed by atoms with Gasteiger partial charge in [0.05, 0.1) is 5.39 Å². The second kappa shape index (κ2) is 3.35. The largest absolute Gasteiger partial charge is 0.459 e. The quantitative estimate of drug-likeness (QED) is 0.652. The van der Waals surface area contributed by atoms with Crippen LogP contribution in [0, 0.1) is 0 Å². The monoisotopic (exact) mass is 205 g/mol. The highest BCUT2D eigenvalue weighted by molar-refractivity contribution is 7.97. The summed E-state index contributed by atoms with van der Waals surface area (Å²) in [5.74, 6) is 2.73. The zero-order valence-corrected chi connectivity index (χ0v) is 8.85. The molecule has 0 aliphatic carbocycles. The first-order valence-electron chi connectivity index (χ1n) is 5.09. The summed E-state index contributed by atoms with van der Waals surface area (Å²) in [5, 5.41) is 1.33. The first-order chi connectivity index (χ1) is 6.95. The molecule has 0 bridgehead atoms. The van der Waals surface area contributed by atoms with Crippen molar-refractivity contribution in [2.24, 2.45) is 0 Å². The highest BCUT2D eigenvalue weighted by Gasteiger charge is 2.30. The second-order valence-electron chi connectivity index (χ2n) is 3.70. The van der Waals surface area contributed by atoms with Crippen molar-refractivity contribution in [3.05, 3.63) is 30.5 Å². The molecule has 0 amide bonds. The number of para-hydroxylation sites is 1. The number of benzene rings is 1. The maximum atomic E-state index is 5.57. The molecule has 2 heteroatoms. The molecule has 2 aromatic rings. The van der Waals surface area contributed by atoms with E-state index in [4.69, 9.17) is 4.42 Å². The van der Waals surface area contributed by atoms with Crippen molar-refractivity contribution >= 4 is 21.9 Å². The minimum atomic E-state index is 0.472. The van der Waals surface area contributed by atoms with Crippen LogP contribution in [-0.4, -0.2) is 11.5 Å². The van der Waals surface area contributed by atoms with Gasteiger partial charge in [0.15, 0.2) is 0 Å². The first-order valence-corrected chi connectivity index (χ1v) is 6.65. The van der Waals surface area contributed by atoms with Crippen molar-refractivity contribution in [1.29, 1.82) is 0 Å². The first kappa shape index (κ1) is 8.42. The number of fused-ring (bicyclic) bond motifs is 1. The van der Waals surface area contributed by atoms with E-state index in [1.165, 1.54) is 34.6 Å².